The largest absolute Gasteiger partial charge is 0.315 e. The summed E-state index contributed by atoms with van der Waals surface area (Å²) in [5.74, 6) is 2.65. The fourth-order valence-electron chi connectivity index (χ4n) is 1.76. The quantitative estimate of drug-likeness (QED) is 0.487. The monoisotopic (exact) mass is 210 g/mol. The normalized spacial score (nSPS) is 11.3. The van der Waals surface area contributed by atoms with Crippen LogP contribution < -0.4 is 5.32 Å². The molecule has 15 heavy (non-hydrogen) atoms. The average molecular weight is 210 g/mol. The molecule has 2 nitrogen and oxygen atoms in total. The van der Waals surface area contributed by atoms with Crippen LogP contribution >= 0.6 is 0 Å². The summed E-state index contributed by atoms with van der Waals surface area (Å²) in [6, 6.07) is 1.25. The van der Waals surface area contributed by atoms with E-state index in [-0.39, 0.29) is 0 Å². The maximum absolute atomic E-state index is 5.18. The van der Waals surface area contributed by atoms with Crippen LogP contribution in [0.4, 0.5) is 0 Å². The summed E-state index contributed by atoms with van der Waals surface area (Å²) >= 11 is 0. The van der Waals surface area contributed by atoms with Gasteiger partial charge >= 0.3 is 0 Å². The topological polar surface area (TPSA) is 15.3 Å². The summed E-state index contributed by atoms with van der Waals surface area (Å²) in [7, 11) is 0. The van der Waals surface area contributed by atoms with Crippen LogP contribution in [0.2, 0.25) is 0 Å². The predicted molar refractivity (Wildman–Crippen MR) is 67.9 cm³/mol. The Morgan fingerprint density at radius 1 is 1.13 bits per heavy atom. The van der Waals surface area contributed by atoms with Crippen molar-refractivity contribution in [3.8, 4) is 12.3 Å². The highest BCUT2D eigenvalue weighted by molar-refractivity contribution is 4.83. The summed E-state index contributed by atoms with van der Waals surface area (Å²) in [6.07, 6.45) is 7.15. The first-order chi connectivity index (χ1) is 7.09. The smallest absolute Gasteiger partial charge is 0.0112 e. The molecule has 88 valence electrons. The van der Waals surface area contributed by atoms with E-state index in [4.69, 9.17) is 6.42 Å². The molecular weight excluding hydrogens is 184 g/mol. The summed E-state index contributed by atoms with van der Waals surface area (Å²) in [5, 5.41) is 3.42. The first-order valence-corrected chi connectivity index (χ1v) is 5.99. The molecule has 0 unspecified atom stereocenters. The molecule has 0 aromatic rings. The summed E-state index contributed by atoms with van der Waals surface area (Å²) in [5.41, 5.74) is 0. The summed E-state index contributed by atoms with van der Waals surface area (Å²) in [4.78, 5) is 2.49. The molecule has 0 aliphatic carbocycles. The Hall–Kier alpha value is -0.520. The fourth-order valence-corrected chi connectivity index (χ4v) is 1.76. The van der Waals surface area contributed by atoms with E-state index in [2.05, 4.69) is 43.8 Å². The lowest BCUT2D eigenvalue weighted by Crippen LogP contribution is -2.41. The van der Waals surface area contributed by atoms with Crippen LogP contribution in [0.15, 0.2) is 0 Å². The Kier molecular flexibility index (Phi) is 8.46. The van der Waals surface area contributed by atoms with E-state index in [1.54, 1.807) is 0 Å². The zero-order valence-corrected chi connectivity index (χ0v) is 10.7. The molecule has 0 heterocycles. The van der Waals surface area contributed by atoms with E-state index in [0.29, 0.717) is 12.1 Å². The van der Waals surface area contributed by atoms with Gasteiger partial charge in [0, 0.05) is 31.6 Å². The first-order valence-electron chi connectivity index (χ1n) is 5.99. The first kappa shape index (κ1) is 14.5. The second kappa shape index (κ2) is 8.76. The Balaban J connectivity index is 3.51. The van der Waals surface area contributed by atoms with Gasteiger partial charge in [0.2, 0.25) is 0 Å². The van der Waals surface area contributed by atoms with Crippen LogP contribution in [0.1, 0.15) is 40.5 Å². The van der Waals surface area contributed by atoms with Gasteiger partial charge in [0.15, 0.2) is 0 Å². The van der Waals surface area contributed by atoms with Crippen molar-refractivity contribution < 1.29 is 0 Å². The number of terminal acetylenes is 1. The lowest BCUT2D eigenvalue weighted by molar-refractivity contribution is 0.176. The fraction of sp³-hybridized carbons (Fsp3) is 0.846. The number of hydrogen-bond acceptors (Lipinski definition) is 2. The SMILES string of the molecule is C#CCCCNCCN(C(C)C)C(C)C. The van der Waals surface area contributed by atoms with E-state index >= 15 is 0 Å². The molecular formula is C13H26N2. The Morgan fingerprint density at radius 2 is 1.73 bits per heavy atom. The third-order valence-corrected chi connectivity index (χ3v) is 2.55. The zero-order chi connectivity index (χ0) is 11.7. The van der Waals surface area contributed by atoms with Gasteiger partial charge in [-0.15, -0.1) is 12.3 Å². The maximum atomic E-state index is 5.18. The Bertz CT molecular complexity index is 171. The minimum Gasteiger partial charge on any atom is -0.315 e. The second-order valence-electron chi connectivity index (χ2n) is 4.48. The van der Waals surface area contributed by atoms with Crippen molar-refractivity contribution >= 4 is 0 Å². The van der Waals surface area contributed by atoms with Crippen molar-refractivity contribution in [2.24, 2.45) is 0 Å². The van der Waals surface area contributed by atoms with Gasteiger partial charge in [0.1, 0.15) is 0 Å². The van der Waals surface area contributed by atoms with Crippen LogP contribution in [-0.4, -0.2) is 36.6 Å². The number of hydrogen-bond donors (Lipinski definition) is 1. The van der Waals surface area contributed by atoms with Crippen LogP contribution in [-0.2, 0) is 0 Å². The van der Waals surface area contributed by atoms with Crippen molar-refractivity contribution in [3.63, 3.8) is 0 Å². The maximum Gasteiger partial charge on any atom is 0.0112 e. The van der Waals surface area contributed by atoms with Crippen LogP contribution in [0.25, 0.3) is 0 Å². The molecule has 0 radical (unpaired) electrons. The zero-order valence-electron chi connectivity index (χ0n) is 10.7. The van der Waals surface area contributed by atoms with E-state index in [1.165, 1.54) is 0 Å². The molecule has 0 amide bonds. The molecule has 1 N–H and O–H groups in total. The Labute approximate surface area is 95.4 Å². The predicted octanol–water partition coefficient (Wildman–Crippen LogP) is 2.11. The standard InChI is InChI=1S/C13H26N2/c1-6-7-8-9-14-10-11-15(12(2)3)13(4)5/h1,12-14H,7-11H2,2-5H3. The van der Waals surface area contributed by atoms with Crippen molar-refractivity contribution in [3.05, 3.63) is 0 Å². The molecule has 0 spiro atoms. The lowest BCUT2D eigenvalue weighted by atomic mass is 10.2. The second-order valence-corrected chi connectivity index (χ2v) is 4.48. The number of unbranched alkanes of at least 4 members (excludes halogenated alkanes) is 1. The molecule has 0 rings (SSSR count). The highest BCUT2D eigenvalue weighted by atomic mass is 15.2. The van der Waals surface area contributed by atoms with Crippen molar-refractivity contribution in [2.75, 3.05) is 19.6 Å². The minimum absolute atomic E-state index is 0.623. The van der Waals surface area contributed by atoms with Gasteiger partial charge in [0.05, 0.1) is 0 Å². The van der Waals surface area contributed by atoms with Gasteiger partial charge in [-0.25, -0.2) is 0 Å². The molecule has 0 aromatic heterocycles. The molecule has 0 aliphatic heterocycles. The minimum atomic E-state index is 0.623. The van der Waals surface area contributed by atoms with E-state index < -0.39 is 0 Å². The summed E-state index contributed by atoms with van der Waals surface area (Å²) in [6.45, 7) is 12.2. The van der Waals surface area contributed by atoms with E-state index in [9.17, 15) is 0 Å². The third kappa shape index (κ3) is 7.41. The summed E-state index contributed by atoms with van der Waals surface area (Å²) < 4.78 is 0. The molecule has 0 bridgehead atoms. The van der Waals surface area contributed by atoms with Crippen molar-refractivity contribution in [1.82, 2.24) is 10.2 Å². The molecule has 2 heteroatoms. The number of nitrogens with zero attached hydrogens (tertiary/aromatic N) is 1. The van der Waals surface area contributed by atoms with Gasteiger partial charge in [-0.2, -0.15) is 0 Å². The van der Waals surface area contributed by atoms with Gasteiger partial charge in [0.25, 0.3) is 0 Å². The van der Waals surface area contributed by atoms with Crippen molar-refractivity contribution in [2.45, 2.75) is 52.6 Å². The molecule has 0 atom stereocenters. The van der Waals surface area contributed by atoms with Crippen LogP contribution in [0.3, 0.4) is 0 Å². The molecule has 0 saturated heterocycles. The van der Waals surface area contributed by atoms with Crippen LogP contribution in [0.5, 0.6) is 0 Å². The van der Waals surface area contributed by atoms with Crippen molar-refractivity contribution in [1.29, 1.82) is 0 Å². The van der Waals surface area contributed by atoms with E-state index in [1.807, 2.05) is 0 Å². The van der Waals surface area contributed by atoms with Gasteiger partial charge in [-0.05, 0) is 40.7 Å². The molecule has 0 fully saturated rings. The third-order valence-electron chi connectivity index (χ3n) is 2.55. The van der Waals surface area contributed by atoms with E-state index in [0.717, 1.165) is 32.5 Å². The highest BCUT2D eigenvalue weighted by Gasteiger charge is 2.11. The van der Waals surface area contributed by atoms with Gasteiger partial charge in [-0.3, -0.25) is 4.90 Å². The van der Waals surface area contributed by atoms with Gasteiger partial charge < -0.3 is 5.32 Å². The van der Waals surface area contributed by atoms with Crippen LogP contribution in [0, 0.1) is 12.3 Å². The average Bonchev–Trinajstić information content (AvgIpc) is 2.15. The number of rotatable bonds is 8. The number of nitrogens with one attached hydrogen (secondary N) is 1. The highest BCUT2D eigenvalue weighted by Crippen LogP contribution is 2.03. The molecule has 0 aromatic carbocycles. The molecule has 0 saturated carbocycles. The molecule has 0 aliphatic rings. The lowest BCUT2D eigenvalue weighted by Gasteiger charge is -2.30. The Morgan fingerprint density at radius 3 is 2.20 bits per heavy atom. The van der Waals surface area contributed by atoms with Gasteiger partial charge in [-0.1, -0.05) is 0 Å².